The fourth-order valence-electron chi connectivity index (χ4n) is 4.66. The molecule has 3 rings (SSSR count). The summed E-state index contributed by atoms with van der Waals surface area (Å²) in [5.74, 6) is 1.12. The van der Waals surface area contributed by atoms with Crippen LogP contribution in [0, 0.1) is 17.2 Å². The number of urea groups is 1. The molecule has 0 saturated carbocycles. The molecule has 3 N–H and O–H groups in total. The van der Waals surface area contributed by atoms with Crippen LogP contribution in [0.1, 0.15) is 68.3 Å². The molecule has 2 amide bonds. The van der Waals surface area contributed by atoms with Crippen molar-refractivity contribution in [2.75, 3.05) is 19.7 Å². The van der Waals surface area contributed by atoms with E-state index in [-0.39, 0.29) is 49.3 Å². The molecule has 0 unspecified atom stereocenters. The Kier molecular flexibility index (Phi) is 10.7. The van der Waals surface area contributed by atoms with Gasteiger partial charge in [0, 0.05) is 49.3 Å². The van der Waals surface area contributed by atoms with Gasteiger partial charge >= 0.3 is 6.03 Å². The molecule has 0 aliphatic rings. The Hall–Kier alpha value is -4.16. The number of benzene rings is 2. The van der Waals surface area contributed by atoms with Gasteiger partial charge in [-0.25, -0.2) is 9.78 Å². The highest BCUT2D eigenvalue weighted by Crippen LogP contribution is 2.27. The highest BCUT2D eigenvalue weighted by atomic mass is 16.5. The molecule has 1 aromatic heterocycles. The molecule has 0 radical (unpaired) electrons. The summed E-state index contributed by atoms with van der Waals surface area (Å²) in [4.78, 5) is 30.3. The molecule has 0 fully saturated rings. The quantitative estimate of drug-likeness (QED) is 0.274. The van der Waals surface area contributed by atoms with Gasteiger partial charge in [-0.15, -0.1) is 0 Å². The lowest BCUT2D eigenvalue weighted by molar-refractivity contribution is 0.0960. The van der Waals surface area contributed by atoms with Gasteiger partial charge in [0.15, 0.2) is 5.78 Å². The van der Waals surface area contributed by atoms with Crippen molar-refractivity contribution >= 4 is 11.8 Å². The molecule has 9 heteroatoms. The van der Waals surface area contributed by atoms with Crippen LogP contribution in [0.15, 0.2) is 48.7 Å². The summed E-state index contributed by atoms with van der Waals surface area (Å²) in [5.41, 5.74) is 3.58. The highest BCUT2D eigenvalue weighted by molar-refractivity contribution is 5.96. The molecular weight excluding hydrogens is 518 g/mol. The number of Topliss-reactive ketones (excluding diaryl/α,β-unsaturated/α-hetero) is 1. The second-order valence-electron chi connectivity index (χ2n) is 11.6. The largest absolute Gasteiger partial charge is 0.490 e. The van der Waals surface area contributed by atoms with Gasteiger partial charge in [0.05, 0.1) is 24.0 Å². The van der Waals surface area contributed by atoms with Crippen LogP contribution in [0.5, 0.6) is 5.75 Å². The first-order valence-electron chi connectivity index (χ1n) is 13.9. The maximum Gasteiger partial charge on any atom is 0.314 e. The van der Waals surface area contributed by atoms with E-state index in [1.165, 1.54) is 0 Å². The van der Waals surface area contributed by atoms with Gasteiger partial charge in [-0.3, -0.25) is 4.79 Å². The number of ether oxygens (including phenoxy) is 1. The van der Waals surface area contributed by atoms with Crippen molar-refractivity contribution in [2.24, 2.45) is 13.0 Å². The number of carbonyl (C=O) groups is 2. The summed E-state index contributed by atoms with van der Waals surface area (Å²) in [5, 5.41) is 23.9. The molecule has 9 nitrogen and oxygen atoms in total. The lowest BCUT2D eigenvalue weighted by atomic mass is 9.91. The van der Waals surface area contributed by atoms with Crippen molar-refractivity contribution in [2.45, 2.75) is 59.0 Å². The van der Waals surface area contributed by atoms with Crippen molar-refractivity contribution < 1.29 is 19.4 Å². The summed E-state index contributed by atoms with van der Waals surface area (Å²) < 4.78 is 7.74. The second-order valence-corrected chi connectivity index (χ2v) is 11.6. The van der Waals surface area contributed by atoms with Gasteiger partial charge in [-0.05, 0) is 49.9 Å². The summed E-state index contributed by atoms with van der Waals surface area (Å²) in [6.45, 7) is 10.4. The van der Waals surface area contributed by atoms with Crippen LogP contribution in [-0.4, -0.2) is 52.3 Å². The van der Waals surface area contributed by atoms with Crippen molar-refractivity contribution in [3.8, 4) is 23.1 Å². The molecule has 41 heavy (non-hydrogen) atoms. The minimum atomic E-state index is -0.404. The van der Waals surface area contributed by atoms with E-state index >= 15 is 0 Å². The Morgan fingerprint density at radius 2 is 1.83 bits per heavy atom. The van der Waals surface area contributed by atoms with Crippen molar-refractivity contribution in [3.63, 3.8) is 0 Å². The normalized spacial score (nSPS) is 12.1. The number of aliphatic hydroxyl groups is 1. The Labute approximate surface area is 242 Å². The lowest BCUT2D eigenvalue weighted by Crippen LogP contribution is -2.40. The fourth-order valence-corrected chi connectivity index (χ4v) is 4.66. The lowest BCUT2D eigenvalue weighted by Gasteiger charge is -2.18. The van der Waals surface area contributed by atoms with Crippen LogP contribution in [0.25, 0.3) is 11.3 Å². The standard InChI is InChI=1S/C32H41N5O4/c1-21(2)41-29-12-11-25(17-26(29)18-33)28(39)16-23(19-35-31(40)34-13-14-38)15-22-7-9-24(10-8-22)27-20-37(6)30(36-27)32(3,4)5/h7-12,17,20-21,23,38H,13-16,19H2,1-6H3,(H2,34,35,40)/t23-/m1/s1. The molecule has 2 aromatic carbocycles. The van der Waals surface area contributed by atoms with E-state index < -0.39 is 6.03 Å². The van der Waals surface area contributed by atoms with E-state index in [9.17, 15) is 14.9 Å². The van der Waals surface area contributed by atoms with Gasteiger partial charge in [0.25, 0.3) is 0 Å². The second kappa shape index (κ2) is 14.0. The van der Waals surface area contributed by atoms with Gasteiger partial charge in [0.1, 0.15) is 17.6 Å². The number of nitrogens with zero attached hydrogens (tertiary/aromatic N) is 3. The van der Waals surface area contributed by atoms with Gasteiger partial charge in [0.2, 0.25) is 0 Å². The van der Waals surface area contributed by atoms with Gasteiger partial charge < -0.3 is 25.0 Å². The molecule has 3 aromatic rings. The van der Waals surface area contributed by atoms with Crippen LogP contribution in [0.4, 0.5) is 4.79 Å². The first-order valence-corrected chi connectivity index (χ1v) is 13.9. The molecule has 0 spiro atoms. The third kappa shape index (κ3) is 8.92. The fraction of sp³-hybridized carbons (Fsp3) is 0.438. The topological polar surface area (TPSA) is 129 Å². The van der Waals surface area contributed by atoms with E-state index in [1.54, 1.807) is 18.2 Å². The number of imidazole rings is 1. The molecular formula is C32H41N5O4. The zero-order valence-electron chi connectivity index (χ0n) is 24.8. The Morgan fingerprint density at radius 3 is 2.41 bits per heavy atom. The molecule has 0 aliphatic heterocycles. The highest BCUT2D eigenvalue weighted by Gasteiger charge is 2.22. The first-order chi connectivity index (χ1) is 19.4. The van der Waals surface area contributed by atoms with Crippen LogP contribution in [0.2, 0.25) is 0 Å². The zero-order valence-corrected chi connectivity index (χ0v) is 24.8. The number of amides is 2. The third-order valence-electron chi connectivity index (χ3n) is 6.53. The molecule has 1 atom stereocenters. The minimum absolute atomic E-state index is 0.0705. The van der Waals surface area contributed by atoms with E-state index in [4.69, 9.17) is 14.8 Å². The summed E-state index contributed by atoms with van der Waals surface area (Å²) >= 11 is 0. The molecule has 1 heterocycles. The predicted molar refractivity (Wildman–Crippen MR) is 159 cm³/mol. The van der Waals surface area contributed by atoms with E-state index in [2.05, 4.69) is 42.0 Å². The summed E-state index contributed by atoms with van der Waals surface area (Å²) in [6, 6.07) is 14.7. The van der Waals surface area contributed by atoms with Crippen LogP contribution in [-0.2, 0) is 18.9 Å². The van der Waals surface area contributed by atoms with E-state index in [1.807, 2.05) is 51.4 Å². The molecule has 0 bridgehead atoms. The predicted octanol–water partition coefficient (Wildman–Crippen LogP) is 4.77. The Balaban J connectivity index is 1.78. The maximum absolute atomic E-state index is 13.3. The number of hydrogen-bond donors (Lipinski definition) is 3. The number of nitriles is 1. The zero-order chi connectivity index (χ0) is 30.2. The molecule has 0 saturated heterocycles. The maximum atomic E-state index is 13.3. The monoisotopic (exact) mass is 559 g/mol. The number of rotatable bonds is 12. The van der Waals surface area contributed by atoms with Crippen LogP contribution < -0.4 is 15.4 Å². The number of aliphatic hydroxyl groups excluding tert-OH is 1. The first kappa shape index (κ1) is 31.4. The number of hydrogen-bond acceptors (Lipinski definition) is 6. The molecule has 218 valence electrons. The van der Waals surface area contributed by atoms with Crippen molar-refractivity contribution in [1.29, 1.82) is 5.26 Å². The van der Waals surface area contributed by atoms with Crippen LogP contribution in [0.3, 0.4) is 0 Å². The van der Waals surface area contributed by atoms with Crippen molar-refractivity contribution in [1.82, 2.24) is 20.2 Å². The number of nitrogens with one attached hydrogen (secondary N) is 2. The SMILES string of the molecule is CC(C)Oc1ccc(C(=O)C[C@H](CNC(=O)NCCO)Cc2ccc(-c3cn(C)c(C(C)(C)C)n3)cc2)cc1C#N. The van der Waals surface area contributed by atoms with Crippen LogP contribution >= 0.6 is 0 Å². The van der Waals surface area contributed by atoms with E-state index in [0.29, 0.717) is 23.3 Å². The average Bonchev–Trinajstić information content (AvgIpc) is 3.33. The Morgan fingerprint density at radius 1 is 1.12 bits per heavy atom. The number of carbonyl (C=O) groups excluding carboxylic acids is 2. The number of aryl methyl sites for hydroxylation is 1. The molecule has 0 aliphatic carbocycles. The van der Waals surface area contributed by atoms with Gasteiger partial charge in [-0.2, -0.15) is 5.26 Å². The number of ketones is 1. The summed E-state index contributed by atoms with van der Waals surface area (Å²) in [6.07, 6.45) is 2.66. The average molecular weight is 560 g/mol. The smallest absolute Gasteiger partial charge is 0.314 e. The number of aromatic nitrogens is 2. The van der Waals surface area contributed by atoms with Gasteiger partial charge in [-0.1, -0.05) is 45.0 Å². The Bertz CT molecular complexity index is 1380. The minimum Gasteiger partial charge on any atom is -0.490 e. The van der Waals surface area contributed by atoms with E-state index in [0.717, 1.165) is 22.6 Å². The van der Waals surface area contributed by atoms with Crippen molar-refractivity contribution in [3.05, 3.63) is 71.2 Å². The summed E-state index contributed by atoms with van der Waals surface area (Å²) in [7, 11) is 2.00. The third-order valence-corrected chi connectivity index (χ3v) is 6.53.